The van der Waals surface area contributed by atoms with Gasteiger partial charge in [-0.1, -0.05) is 12.1 Å². The van der Waals surface area contributed by atoms with Crippen LogP contribution in [0.4, 0.5) is 5.69 Å². The molecular formula is C21H27N5O3S2. The topological polar surface area (TPSA) is 81.8 Å². The molecule has 4 heterocycles. The van der Waals surface area contributed by atoms with E-state index in [9.17, 15) is 8.42 Å². The number of nitrogens with one attached hydrogen (secondary N) is 1. The van der Waals surface area contributed by atoms with Crippen LogP contribution in [0.1, 0.15) is 0 Å². The minimum absolute atomic E-state index is 0.124. The molecule has 0 saturated carbocycles. The predicted molar refractivity (Wildman–Crippen MR) is 124 cm³/mol. The largest absolute Gasteiger partial charge is 0.373 e. The number of thiophene rings is 1. The molecule has 0 bridgehead atoms. The Morgan fingerprint density at radius 2 is 2.06 bits per heavy atom. The van der Waals surface area contributed by atoms with E-state index in [1.165, 1.54) is 22.4 Å². The molecule has 3 aromatic rings. The van der Waals surface area contributed by atoms with E-state index in [1.54, 1.807) is 15.6 Å². The quantitative estimate of drug-likeness (QED) is 0.627. The van der Waals surface area contributed by atoms with Crippen LogP contribution in [0.5, 0.6) is 0 Å². The van der Waals surface area contributed by atoms with Gasteiger partial charge in [0.15, 0.2) is 0 Å². The Morgan fingerprint density at radius 3 is 2.87 bits per heavy atom. The van der Waals surface area contributed by atoms with E-state index in [2.05, 4.69) is 43.6 Å². The average Bonchev–Trinajstić information content (AvgIpc) is 3.43. The van der Waals surface area contributed by atoms with E-state index < -0.39 is 10.0 Å². The SMILES string of the molecule is CS(=O)(=O)N1CCN(CC2CN(c3csc(-c4cccc5[nH]ncc45)c3)CCO2)CC1. The number of nitrogens with zero attached hydrogens (tertiary/aromatic N) is 4. The van der Waals surface area contributed by atoms with E-state index in [1.807, 2.05) is 12.3 Å². The smallest absolute Gasteiger partial charge is 0.211 e. The molecule has 0 spiro atoms. The van der Waals surface area contributed by atoms with Crippen molar-refractivity contribution in [3.63, 3.8) is 0 Å². The van der Waals surface area contributed by atoms with Crippen molar-refractivity contribution in [1.82, 2.24) is 19.4 Å². The fourth-order valence-corrected chi connectivity index (χ4v) is 6.20. The lowest BCUT2D eigenvalue weighted by Crippen LogP contribution is -2.53. The molecule has 1 N–H and O–H groups in total. The number of aromatic amines is 1. The van der Waals surface area contributed by atoms with Crippen molar-refractivity contribution in [2.24, 2.45) is 0 Å². The summed E-state index contributed by atoms with van der Waals surface area (Å²) >= 11 is 1.76. The highest BCUT2D eigenvalue weighted by molar-refractivity contribution is 7.88. The molecule has 2 aliphatic rings. The minimum atomic E-state index is -3.10. The second kappa shape index (κ2) is 8.51. The summed E-state index contributed by atoms with van der Waals surface area (Å²) in [6, 6.07) is 8.51. The number of fused-ring (bicyclic) bond motifs is 1. The molecule has 2 saturated heterocycles. The fraction of sp³-hybridized carbons (Fsp3) is 0.476. The Morgan fingerprint density at radius 1 is 1.23 bits per heavy atom. The first-order valence-electron chi connectivity index (χ1n) is 10.5. The van der Waals surface area contributed by atoms with Crippen LogP contribution < -0.4 is 4.90 Å². The first-order valence-corrected chi connectivity index (χ1v) is 13.3. The van der Waals surface area contributed by atoms with Crippen molar-refractivity contribution in [3.05, 3.63) is 35.8 Å². The number of piperazine rings is 1. The monoisotopic (exact) mass is 461 g/mol. The van der Waals surface area contributed by atoms with Crippen molar-refractivity contribution in [2.75, 3.05) is 63.6 Å². The van der Waals surface area contributed by atoms with Gasteiger partial charge in [0.05, 0.1) is 30.7 Å². The van der Waals surface area contributed by atoms with Gasteiger partial charge in [-0.05, 0) is 12.1 Å². The third kappa shape index (κ3) is 4.49. The molecule has 1 aromatic carbocycles. The van der Waals surface area contributed by atoms with Crippen LogP contribution in [-0.4, -0.2) is 92.6 Å². The van der Waals surface area contributed by atoms with Crippen LogP contribution in [0.2, 0.25) is 0 Å². The molecule has 2 aliphatic heterocycles. The van der Waals surface area contributed by atoms with Gasteiger partial charge in [-0.3, -0.25) is 10.00 Å². The molecule has 2 aromatic heterocycles. The Hall–Kier alpha value is -1.98. The van der Waals surface area contributed by atoms with Crippen molar-refractivity contribution in [3.8, 4) is 10.4 Å². The number of morpholine rings is 1. The van der Waals surface area contributed by atoms with E-state index in [0.717, 1.165) is 43.6 Å². The summed E-state index contributed by atoms with van der Waals surface area (Å²) in [7, 11) is -3.10. The van der Waals surface area contributed by atoms with E-state index in [-0.39, 0.29) is 6.10 Å². The highest BCUT2D eigenvalue weighted by Crippen LogP contribution is 2.36. The summed E-state index contributed by atoms with van der Waals surface area (Å²) in [5, 5.41) is 10.6. The predicted octanol–water partition coefficient (Wildman–Crippen LogP) is 2.07. The van der Waals surface area contributed by atoms with Gasteiger partial charge in [-0.15, -0.1) is 11.3 Å². The molecular weight excluding hydrogens is 434 g/mol. The second-order valence-electron chi connectivity index (χ2n) is 8.21. The maximum Gasteiger partial charge on any atom is 0.211 e. The number of H-pyrrole nitrogens is 1. The van der Waals surface area contributed by atoms with Crippen LogP contribution in [0, 0.1) is 0 Å². The van der Waals surface area contributed by atoms with Crippen LogP contribution >= 0.6 is 11.3 Å². The first kappa shape index (κ1) is 20.9. The number of hydrogen-bond acceptors (Lipinski definition) is 7. The maximum atomic E-state index is 11.7. The van der Waals surface area contributed by atoms with E-state index in [4.69, 9.17) is 4.74 Å². The van der Waals surface area contributed by atoms with Crippen molar-refractivity contribution < 1.29 is 13.2 Å². The molecule has 31 heavy (non-hydrogen) atoms. The molecule has 8 nitrogen and oxygen atoms in total. The third-order valence-electron chi connectivity index (χ3n) is 6.10. The molecule has 1 unspecified atom stereocenters. The van der Waals surface area contributed by atoms with Gasteiger partial charge in [-0.25, -0.2) is 8.42 Å². The highest BCUT2D eigenvalue weighted by atomic mass is 32.2. The van der Waals surface area contributed by atoms with E-state index in [0.29, 0.717) is 19.7 Å². The molecule has 0 amide bonds. The lowest BCUT2D eigenvalue weighted by Gasteiger charge is -2.39. The molecule has 0 aliphatic carbocycles. The third-order valence-corrected chi connectivity index (χ3v) is 8.36. The number of benzene rings is 1. The minimum Gasteiger partial charge on any atom is -0.373 e. The standard InChI is InChI=1S/C21H27N5O3S2/c1-31(27,28)26-7-5-24(6-8-26)13-17-14-25(9-10-29-17)16-11-21(30-15-16)18-3-2-4-20-19(18)12-22-23-20/h2-4,11-12,15,17H,5-10,13-14H2,1H3,(H,22,23). The lowest BCUT2D eigenvalue weighted by atomic mass is 10.1. The highest BCUT2D eigenvalue weighted by Gasteiger charge is 2.28. The lowest BCUT2D eigenvalue weighted by molar-refractivity contribution is 0.00994. The molecule has 1 atom stereocenters. The van der Waals surface area contributed by atoms with Gasteiger partial charge in [0.2, 0.25) is 10.0 Å². The van der Waals surface area contributed by atoms with Gasteiger partial charge < -0.3 is 9.64 Å². The number of ether oxygens (including phenoxy) is 1. The van der Waals surface area contributed by atoms with Crippen LogP contribution in [0.25, 0.3) is 21.3 Å². The first-order chi connectivity index (χ1) is 15.0. The molecule has 166 valence electrons. The van der Waals surface area contributed by atoms with Crippen molar-refractivity contribution in [1.29, 1.82) is 0 Å². The molecule has 2 fully saturated rings. The number of aromatic nitrogens is 2. The van der Waals surface area contributed by atoms with Crippen molar-refractivity contribution in [2.45, 2.75) is 6.10 Å². The second-order valence-corrected chi connectivity index (χ2v) is 11.1. The fourth-order valence-electron chi connectivity index (χ4n) is 4.41. The normalized spacial score (nSPS) is 21.7. The molecule has 5 rings (SSSR count). The number of sulfonamides is 1. The van der Waals surface area contributed by atoms with Gasteiger partial charge in [0.1, 0.15) is 0 Å². The van der Waals surface area contributed by atoms with Gasteiger partial charge in [-0.2, -0.15) is 9.40 Å². The number of rotatable bonds is 5. The molecule has 0 radical (unpaired) electrons. The number of hydrogen-bond donors (Lipinski definition) is 1. The summed E-state index contributed by atoms with van der Waals surface area (Å²) in [4.78, 5) is 5.95. The summed E-state index contributed by atoms with van der Waals surface area (Å²) in [5.41, 5.74) is 3.49. The Balaban J connectivity index is 1.23. The van der Waals surface area contributed by atoms with Crippen LogP contribution in [-0.2, 0) is 14.8 Å². The molecule has 10 heteroatoms. The van der Waals surface area contributed by atoms with Gasteiger partial charge >= 0.3 is 0 Å². The van der Waals surface area contributed by atoms with E-state index >= 15 is 0 Å². The summed E-state index contributed by atoms with van der Waals surface area (Å²) in [6.07, 6.45) is 3.30. The average molecular weight is 462 g/mol. The zero-order chi connectivity index (χ0) is 21.4. The van der Waals surface area contributed by atoms with Crippen LogP contribution in [0.15, 0.2) is 35.8 Å². The summed E-state index contributed by atoms with van der Waals surface area (Å²) in [5.74, 6) is 0. The van der Waals surface area contributed by atoms with Gasteiger partial charge in [0.25, 0.3) is 0 Å². The van der Waals surface area contributed by atoms with Gasteiger partial charge in [0, 0.05) is 72.7 Å². The Labute approximate surface area is 186 Å². The zero-order valence-corrected chi connectivity index (χ0v) is 19.2. The summed E-state index contributed by atoms with van der Waals surface area (Å²) in [6.45, 7) is 5.89. The number of anilines is 1. The van der Waals surface area contributed by atoms with Crippen LogP contribution in [0.3, 0.4) is 0 Å². The summed E-state index contributed by atoms with van der Waals surface area (Å²) < 4.78 is 31.0. The van der Waals surface area contributed by atoms with Crippen molar-refractivity contribution >= 4 is 38.0 Å². The zero-order valence-electron chi connectivity index (χ0n) is 17.5. The Kier molecular flexibility index (Phi) is 5.74. The maximum absolute atomic E-state index is 11.7. The Bertz CT molecular complexity index is 1150.